The molecule has 2 atom stereocenters. The first-order valence-corrected chi connectivity index (χ1v) is 16.0. The van der Waals surface area contributed by atoms with Crippen molar-refractivity contribution < 1.29 is 4.74 Å². The Bertz CT molecular complexity index is 2120. The Morgan fingerprint density at radius 1 is 1.02 bits per heavy atom. The highest BCUT2D eigenvalue weighted by Gasteiger charge is 2.42. The molecule has 11 heteroatoms. The number of imidazole rings is 1. The van der Waals surface area contributed by atoms with E-state index in [0.29, 0.717) is 36.0 Å². The predicted molar refractivity (Wildman–Crippen MR) is 175 cm³/mol. The van der Waals surface area contributed by atoms with Crippen molar-refractivity contribution in [3.63, 3.8) is 0 Å². The SMILES string of the molecule is COc1ccc(CN(Cc2cn3cc(C4CC4)cc(Br)c3n2)c2ncc3c(=O)cc([C@H]4C[C@@H]4c4nccc(C)n4)[nH]c3n2)cc1. The van der Waals surface area contributed by atoms with Crippen molar-refractivity contribution >= 4 is 38.6 Å². The zero-order chi connectivity index (χ0) is 30.7. The number of hydrogen-bond acceptors (Lipinski definition) is 8. The number of anilines is 1. The number of hydrogen-bond donors (Lipinski definition) is 1. The average molecular weight is 664 g/mol. The van der Waals surface area contributed by atoms with Gasteiger partial charge in [0, 0.05) is 60.6 Å². The van der Waals surface area contributed by atoms with Crippen molar-refractivity contribution in [3.05, 3.63) is 116 Å². The topological polar surface area (TPSA) is 114 Å². The van der Waals surface area contributed by atoms with Crippen LogP contribution in [0.4, 0.5) is 5.95 Å². The Balaban J connectivity index is 1.14. The summed E-state index contributed by atoms with van der Waals surface area (Å²) in [5.74, 6) is 3.09. The van der Waals surface area contributed by atoms with Gasteiger partial charge in [-0.05, 0) is 83.4 Å². The molecule has 0 amide bonds. The highest BCUT2D eigenvalue weighted by molar-refractivity contribution is 9.10. The van der Waals surface area contributed by atoms with Crippen molar-refractivity contribution in [1.29, 1.82) is 0 Å². The van der Waals surface area contributed by atoms with Gasteiger partial charge in [-0.3, -0.25) is 4.79 Å². The molecule has 0 radical (unpaired) electrons. The van der Waals surface area contributed by atoms with Crippen LogP contribution in [0.5, 0.6) is 5.75 Å². The maximum Gasteiger partial charge on any atom is 0.227 e. The lowest BCUT2D eigenvalue weighted by Gasteiger charge is -2.22. The van der Waals surface area contributed by atoms with Crippen LogP contribution in [0.1, 0.15) is 71.0 Å². The molecular formula is C34H31BrN8O2. The second kappa shape index (κ2) is 11.1. The minimum Gasteiger partial charge on any atom is -0.497 e. The lowest BCUT2D eigenvalue weighted by molar-refractivity contribution is 0.414. The van der Waals surface area contributed by atoms with E-state index >= 15 is 0 Å². The number of benzene rings is 1. The first-order chi connectivity index (χ1) is 21.9. The number of methoxy groups -OCH3 is 1. The van der Waals surface area contributed by atoms with Gasteiger partial charge in [0.25, 0.3) is 0 Å². The van der Waals surface area contributed by atoms with E-state index in [1.165, 1.54) is 18.4 Å². The molecule has 45 heavy (non-hydrogen) atoms. The van der Waals surface area contributed by atoms with Crippen LogP contribution >= 0.6 is 15.9 Å². The lowest BCUT2D eigenvalue weighted by atomic mass is 10.2. The third-order valence-corrected chi connectivity index (χ3v) is 9.30. The van der Waals surface area contributed by atoms with Crippen molar-refractivity contribution in [1.82, 2.24) is 34.3 Å². The third kappa shape index (κ3) is 5.56. The number of ether oxygens (including phenoxy) is 1. The van der Waals surface area contributed by atoms with Crippen LogP contribution in [0.3, 0.4) is 0 Å². The molecule has 1 aromatic carbocycles. The molecule has 6 aromatic rings. The van der Waals surface area contributed by atoms with E-state index in [0.717, 1.165) is 50.8 Å². The number of aromatic amines is 1. The van der Waals surface area contributed by atoms with Gasteiger partial charge in [-0.1, -0.05) is 12.1 Å². The molecule has 2 saturated carbocycles. The largest absolute Gasteiger partial charge is 0.497 e. The van der Waals surface area contributed by atoms with Crippen LogP contribution in [-0.2, 0) is 13.1 Å². The summed E-state index contributed by atoms with van der Waals surface area (Å²) in [5.41, 5.74) is 6.38. The molecular weight excluding hydrogens is 632 g/mol. The minimum atomic E-state index is -0.0977. The lowest BCUT2D eigenvalue weighted by Crippen LogP contribution is -2.25. The summed E-state index contributed by atoms with van der Waals surface area (Å²) in [7, 11) is 1.66. The Labute approximate surface area is 267 Å². The van der Waals surface area contributed by atoms with E-state index in [-0.39, 0.29) is 17.3 Å². The predicted octanol–water partition coefficient (Wildman–Crippen LogP) is 6.19. The van der Waals surface area contributed by atoms with Crippen LogP contribution < -0.4 is 15.1 Å². The van der Waals surface area contributed by atoms with E-state index in [1.54, 1.807) is 25.6 Å². The number of rotatable bonds is 9. The smallest absolute Gasteiger partial charge is 0.227 e. The third-order valence-electron chi connectivity index (χ3n) is 8.72. The van der Waals surface area contributed by atoms with Crippen LogP contribution in [0.2, 0.25) is 0 Å². The molecule has 2 aliphatic rings. The van der Waals surface area contributed by atoms with Gasteiger partial charge in [-0.2, -0.15) is 4.98 Å². The summed E-state index contributed by atoms with van der Waals surface area (Å²) in [4.78, 5) is 42.4. The number of H-pyrrole nitrogens is 1. The first-order valence-electron chi connectivity index (χ1n) is 15.2. The van der Waals surface area contributed by atoms with Gasteiger partial charge in [0.2, 0.25) is 5.95 Å². The summed E-state index contributed by atoms with van der Waals surface area (Å²) in [6.07, 6.45) is 11.0. The fourth-order valence-corrected chi connectivity index (χ4v) is 6.61. The van der Waals surface area contributed by atoms with Gasteiger partial charge in [0.15, 0.2) is 11.1 Å². The molecule has 0 saturated heterocycles. The van der Waals surface area contributed by atoms with E-state index in [1.807, 2.05) is 37.3 Å². The van der Waals surface area contributed by atoms with Crippen molar-refractivity contribution in [2.24, 2.45) is 0 Å². The summed E-state index contributed by atoms with van der Waals surface area (Å²) in [5, 5.41) is 0.458. The molecule has 2 aliphatic carbocycles. The minimum absolute atomic E-state index is 0.0977. The molecule has 0 unspecified atom stereocenters. The Morgan fingerprint density at radius 3 is 2.64 bits per heavy atom. The van der Waals surface area contributed by atoms with E-state index in [2.05, 4.69) is 63.6 Å². The molecule has 5 heterocycles. The Hall–Kier alpha value is -4.64. The quantitative estimate of drug-likeness (QED) is 0.195. The van der Waals surface area contributed by atoms with E-state index in [4.69, 9.17) is 14.7 Å². The maximum atomic E-state index is 13.2. The second-order valence-corrected chi connectivity index (χ2v) is 12.9. The number of aromatic nitrogens is 7. The van der Waals surface area contributed by atoms with Crippen LogP contribution in [0.15, 0.2) is 76.5 Å². The van der Waals surface area contributed by atoms with Gasteiger partial charge < -0.3 is 19.0 Å². The summed E-state index contributed by atoms with van der Waals surface area (Å²) in [6, 6.07) is 13.7. The first kappa shape index (κ1) is 27.9. The number of nitrogens with zero attached hydrogens (tertiary/aromatic N) is 7. The van der Waals surface area contributed by atoms with E-state index in [9.17, 15) is 4.79 Å². The molecule has 8 rings (SSSR count). The van der Waals surface area contributed by atoms with Crippen molar-refractivity contribution in [2.75, 3.05) is 12.0 Å². The highest BCUT2D eigenvalue weighted by Crippen LogP contribution is 2.52. The normalized spacial score (nSPS) is 17.6. The zero-order valence-electron chi connectivity index (χ0n) is 24.9. The van der Waals surface area contributed by atoms with Crippen LogP contribution in [0.25, 0.3) is 16.7 Å². The molecule has 226 valence electrons. The number of nitrogens with one attached hydrogen (secondary N) is 1. The molecule has 0 spiro atoms. The second-order valence-electron chi connectivity index (χ2n) is 12.1. The summed E-state index contributed by atoms with van der Waals surface area (Å²) >= 11 is 3.74. The summed E-state index contributed by atoms with van der Waals surface area (Å²) in [6.45, 7) is 2.98. The van der Waals surface area contributed by atoms with Gasteiger partial charge >= 0.3 is 0 Å². The Morgan fingerprint density at radius 2 is 1.87 bits per heavy atom. The fraction of sp³-hybridized carbons (Fsp3) is 0.294. The van der Waals surface area contributed by atoms with Crippen molar-refractivity contribution in [2.45, 2.75) is 57.0 Å². The van der Waals surface area contributed by atoms with Gasteiger partial charge in [0.1, 0.15) is 17.2 Å². The molecule has 1 N–H and O–H groups in total. The molecule has 10 nitrogen and oxygen atoms in total. The van der Waals surface area contributed by atoms with Gasteiger partial charge in [0.05, 0.1) is 29.2 Å². The fourth-order valence-electron chi connectivity index (χ4n) is 6.05. The Kier molecular flexibility index (Phi) is 6.85. The van der Waals surface area contributed by atoms with Crippen LogP contribution in [0, 0.1) is 6.92 Å². The number of pyridine rings is 2. The zero-order valence-corrected chi connectivity index (χ0v) is 26.5. The van der Waals surface area contributed by atoms with Crippen LogP contribution in [-0.4, -0.2) is 41.4 Å². The summed E-state index contributed by atoms with van der Waals surface area (Å²) < 4.78 is 8.46. The highest BCUT2D eigenvalue weighted by atomic mass is 79.9. The molecule has 0 aliphatic heterocycles. The maximum absolute atomic E-state index is 13.2. The average Bonchev–Trinajstić information content (AvgIpc) is 3.98. The van der Waals surface area contributed by atoms with Crippen molar-refractivity contribution in [3.8, 4) is 5.75 Å². The molecule has 2 fully saturated rings. The molecule has 0 bridgehead atoms. The number of halogens is 1. The number of aryl methyl sites for hydroxylation is 1. The standard InChI is InChI=1S/C34H31BrN8O2/c1-19-9-10-36-31(38-19)26-12-25(26)29-13-30(44)27-14-37-34(41-32(27)40-29)43(15-20-3-7-24(45-2)8-4-20)18-23-17-42-16-22(21-5-6-21)11-28(35)33(42)39-23/h3-4,7-11,13-14,16-17,21,25-26H,5-6,12,15,18H2,1-2H3,(H,37,40,41,44)/t25-,26-/m0/s1. The van der Waals surface area contributed by atoms with E-state index < -0.39 is 0 Å². The van der Waals surface area contributed by atoms with Gasteiger partial charge in [-0.25, -0.2) is 19.9 Å². The monoisotopic (exact) mass is 662 g/mol. The van der Waals surface area contributed by atoms with Gasteiger partial charge in [-0.15, -0.1) is 0 Å². The molecule has 5 aromatic heterocycles. The number of fused-ring (bicyclic) bond motifs is 2.